The number of carbonyl (C=O) groups is 2. The molecule has 6 nitrogen and oxygen atoms in total. The maximum Gasteiger partial charge on any atom is 0.269 e. The highest BCUT2D eigenvalue weighted by Crippen LogP contribution is 2.37. The Balaban J connectivity index is 1.31. The van der Waals surface area contributed by atoms with Crippen molar-refractivity contribution in [3.63, 3.8) is 0 Å². The number of benzene rings is 1. The number of rotatable bonds is 4. The zero-order valence-corrected chi connectivity index (χ0v) is 18.4. The van der Waals surface area contributed by atoms with Crippen molar-refractivity contribution in [2.45, 2.75) is 45.1 Å². The number of aromatic nitrogens is 1. The monoisotopic (exact) mass is 421 g/mol. The van der Waals surface area contributed by atoms with Crippen molar-refractivity contribution in [1.82, 2.24) is 15.2 Å². The molecule has 2 saturated heterocycles. The number of nitrogens with zero attached hydrogens (tertiary/aromatic N) is 2. The Labute approximate surface area is 184 Å². The number of ether oxygens (including phenoxy) is 1. The molecule has 1 spiro atoms. The Hall–Kier alpha value is -2.73. The first-order valence-electron chi connectivity index (χ1n) is 11.2. The smallest absolute Gasteiger partial charge is 0.269 e. The molecule has 2 aromatic rings. The van der Waals surface area contributed by atoms with Gasteiger partial charge in [-0.1, -0.05) is 12.1 Å². The second-order valence-corrected chi connectivity index (χ2v) is 8.91. The van der Waals surface area contributed by atoms with Gasteiger partial charge in [-0.25, -0.2) is 0 Å². The molecule has 0 aliphatic carbocycles. The first-order chi connectivity index (χ1) is 15.0. The molecule has 2 aliphatic rings. The van der Waals surface area contributed by atoms with Crippen LogP contribution in [0.2, 0.25) is 0 Å². The zero-order chi connectivity index (χ0) is 21.8. The third-order valence-corrected chi connectivity index (χ3v) is 6.76. The quantitative estimate of drug-likeness (QED) is 0.820. The fraction of sp³-hybridized carbons (Fsp3) is 0.480. The third-order valence-electron chi connectivity index (χ3n) is 6.76. The Morgan fingerprint density at radius 3 is 2.68 bits per heavy atom. The van der Waals surface area contributed by atoms with E-state index in [4.69, 9.17) is 4.74 Å². The number of piperidine rings is 1. The molecule has 31 heavy (non-hydrogen) atoms. The zero-order valence-electron chi connectivity index (χ0n) is 18.4. The van der Waals surface area contributed by atoms with Crippen LogP contribution in [-0.4, -0.2) is 53.5 Å². The number of carbonyl (C=O) groups excluding carboxylic acids is 2. The fourth-order valence-electron chi connectivity index (χ4n) is 4.65. The maximum atomic E-state index is 12.9. The van der Waals surface area contributed by atoms with Crippen molar-refractivity contribution in [1.29, 1.82) is 0 Å². The number of hydrogen-bond acceptors (Lipinski definition) is 4. The Morgan fingerprint density at radius 1 is 1.16 bits per heavy atom. The molecule has 1 aromatic heterocycles. The molecule has 164 valence electrons. The van der Waals surface area contributed by atoms with Crippen molar-refractivity contribution in [2.75, 3.05) is 26.2 Å². The van der Waals surface area contributed by atoms with Crippen molar-refractivity contribution in [3.8, 4) is 0 Å². The van der Waals surface area contributed by atoms with Crippen molar-refractivity contribution >= 4 is 11.8 Å². The van der Waals surface area contributed by atoms with Crippen LogP contribution in [0.3, 0.4) is 0 Å². The summed E-state index contributed by atoms with van der Waals surface area (Å²) in [7, 11) is 0. The van der Waals surface area contributed by atoms with Crippen LogP contribution in [0.25, 0.3) is 0 Å². The highest BCUT2D eigenvalue weighted by molar-refractivity contribution is 5.94. The molecule has 1 unspecified atom stereocenters. The average Bonchev–Trinajstić information content (AvgIpc) is 2.80. The van der Waals surface area contributed by atoms with E-state index in [2.05, 4.69) is 17.2 Å². The van der Waals surface area contributed by atoms with E-state index in [1.54, 1.807) is 18.3 Å². The van der Waals surface area contributed by atoms with Crippen LogP contribution < -0.4 is 5.32 Å². The molecular formula is C25H31N3O3. The van der Waals surface area contributed by atoms with Gasteiger partial charge in [0.15, 0.2) is 0 Å². The number of pyridine rings is 1. The van der Waals surface area contributed by atoms with E-state index < -0.39 is 0 Å². The van der Waals surface area contributed by atoms with Crippen LogP contribution in [0.5, 0.6) is 0 Å². The predicted molar refractivity (Wildman–Crippen MR) is 119 cm³/mol. The lowest BCUT2D eigenvalue weighted by Crippen LogP contribution is -2.51. The van der Waals surface area contributed by atoms with Gasteiger partial charge in [0.25, 0.3) is 11.8 Å². The van der Waals surface area contributed by atoms with E-state index in [1.807, 2.05) is 36.1 Å². The Morgan fingerprint density at radius 2 is 1.97 bits per heavy atom. The molecule has 0 bridgehead atoms. The van der Waals surface area contributed by atoms with Gasteiger partial charge in [0, 0.05) is 38.0 Å². The average molecular weight is 422 g/mol. The summed E-state index contributed by atoms with van der Waals surface area (Å²) in [4.78, 5) is 31.3. The Bertz CT molecular complexity index is 936. The largest absolute Gasteiger partial charge is 0.375 e. The van der Waals surface area contributed by atoms with Gasteiger partial charge in [-0.2, -0.15) is 0 Å². The number of nitrogens with one attached hydrogen (secondary N) is 1. The van der Waals surface area contributed by atoms with Gasteiger partial charge in [0.05, 0.1) is 5.60 Å². The number of amides is 2. The van der Waals surface area contributed by atoms with Gasteiger partial charge in [0.2, 0.25) is 0 Å². The third kappa shape index (κ3) is 4.96. The molecule has 0 saturated carbocycles. The summed E-state index contributed by atoms with van der Waals surface area (Å²) in [5.41, 5.74) is 3.37. The van der Waals surface area contributed by atoms with Crippen molar-refractivity contribution in [3.05, 3.63) is 65.0 Å². The van der Waals surface area contributed by atoms with Crippen molar-refractivity contribution < 1.29 is 14.3 Å². The van der Waals surface area contributed by atoms with Gasteiger partial charge < -0.3 is 15.0 Å². The van der Waals surface area contributed by atoms with E-state index in [1.165, 1.54) is 5.56 Å². The lowest BCUT2D eigenvalue weighted by molar-refractivity contribution is -0.122. The van der Waals surface area contributed by atoms with Crippen LogP contribution in [0, 0.1) is 19.8 Å². The molecule has 2 amide bonds. The lowest BCUT2D eigenvalue weighted by Gasteiger charge is -2.46. The van der Waals surface area contributed by atoms with Crippen LogP contribution in [0.4, 0.5) is 0 Å². The molecule has 3 heterocycles. The molecule has 2 fully saturated rings. The summed E-state index contributed by atoms with van der Waals surface area (Å²) in [6, 6.07) is 11.3. The predicted octanol–water partition coefficient (Wildman–Crippen LogP) is 3.53. The highest BCUT2D eigenvalue weighted by Gasteiger charge is 2.41. The van der Waals surface area contributed by atoms with E-state index in [-0.39, 0.29) is 17.4 Å². The number of likely N-dealkylation sites (tertiary alicyclic amines) is 1. The first kappa shape index (κ1) is 21.5. The minimum Gasteiger partial charge on any atom is -0.375 e. The summed E-state index contributed by atoms with van der Waals surface area (Å²) in [6.45, 7) is 6.85. The van der Waals surface area contributed by atoms with Crippen LogP contribution in [0.15, 0.2) is 42.6 Å². The molecule has 6 heteroatoms. The standard InChI is InChI=1S/C25H31N3O3/c1-18-6-7-21(15-19(18)2)24(30)28-12-9-25(10-13-28)16-20(8-14-31-25)17-27-23(29)22-5-3-4-11-26-22/h3-7,11,15,20H,8-10,12-14,16-17H2,1-2H3,(H,27,29). The second-order valence-electron chi connectivity index (χ2n) is 8.91. The van der Waals surface area contributed by atoms with Crippen LogP contribution in [0.1, 0.15) is 57.7 Å². The molecule has 0 radical (unpaired) electrons. The van der Waals surface area contributed by atoms with Crippen molar-refractivity contribution in [2.24, 2.45) is 5.92 Å². The van der Waals surface area contributed by atoms with Crippen LogP contribution in [-0.2, 0) is 4.74 Å². The van der Waals surface area contributed by atoms with Crippen LogP contribution >= 0.6 is 0 Å². The maximum absolute atomic E-state index is 12.9. The summed E-state index contributed by atoms with van der Waals surface area (Å²) in [6.07, 6.45) is 5.17. The normalized spacial score (nSPS) is 20.5. The molecular weight excluding hydrogens is 390 g/mol. The minimum atomic E-state index is -0.182. The van der Waals surface area contributed by atoms with E-state index >= 15 is 0 Å². The Kier molecular flexibility index (Phi) is 6.37. The summed E-state index contributed by atoms with van der Waals surface area (Å²) < 4.78 is 6.23. The van der Waals surface area contributed by atoms with E-state index in [0.29, 0.717) is 37.9 Å². The molecule has 4 rings (SSSR count). The summed E-state index contributed by atoms with van der Waals surface area (Å²) in [5.74, 6) is 0.353. The first-order valence-corrected chi connectivity index (χ1v) is 11.2. The molecule has 2 aliphatic heterocycles. The fourth-order valence-corrected chi connectivity index (χ4v) is 4.65. The van der Waals surface area contributed by atoms with Gasteiger partial charge in [-0.3, -0.25) is 14.6 Å². The number of aryl methyl sites for hydroxylation is 2. The van der Waals surface area contributed by atoms with E-state index in [9.17, 15) is 9.59 Å². The molecule has 1 atom stereocenters. The minimum absolute atomic E-state index is 0.105. The second kappa shape index (κ2) is 9.18. The topological polar surface area (TPSA) is 71.5 Å². The summed E-state index contributed by atoms with van der Waals surface area (Å²) >= 11 is 0. The van der Waals surface area contributed by atoms with E-state index in [0.717, 1.165) is 36.8 Å². The lowest BCUT2D eigenvalue weighted by atomic mass is 9.79. The van der Waals surface area contributed by atoms with Gasteiger partial charge in [0.1, 0.15) is 5.69 Å². The highest BCUT2D eigenvalue weighted by atomic mass is 16.5. The van der Waals surface area contributed by atoms with Gasteiger partial charge in [-0.05, 0) is 80.8 Å². The van der Waals surface area contributed by atoms with Gasteiger partial charge in [-0.15, -0.1) is 0 Å². The SMILES string of the molecule is Cc1ccc(C(=O)N2CCC3(CC2)CC(CNC(=O)c2ccccn2)CCO3)cc1C. The number of hydrogen-bond donors (Lipinski definition) is 1. The molecule has 1 aromatic carbocycles. The van der Waals surface area contributed by atoms with Gasteiger partial charge >= 0.3 is 0 Å². The summed E-state index contributed by atoms with van der Waals surface area (Å²) in [5, 5.41) is 3.03. The molecule has 1 N–H and O–H groups in total.